The van der Waals surface area contributed by atoms with E-state index >= 15 is 0 Å². The lowest BCUT2D eigenvalue weighted by Crippen LogP contribution is -2.36. The van der Waals surface area contributed by atoms with Gasteiger partial charge in [0.1, 0.15) is 18.0 Å². The Kier molecular flexibility index (Phi) is 3.73. The Bertz CT molecular complexity index is 780. The first-order valence-corrected chi connectivity index (χ1v) is 7.56. The summed E-state index contributed by atoms with van der Waals surface area (Å²) in [6, 6.07) is 4.13. The zero-order chi connectivity index (χ0) is 15.5. The molecule has 0 amide bonds. The van der Waals surface area contributed by atoms with Crippen LogP contribution in [0.1, 0.15) is 5.56 Å². The Hall–Kier alpha value is -2.74. The van der Waals surface area contributed by atoms with Gasteiger partial charge in [0, 0.05) is 25.8 Å². The second-order valence-corrected chi connectivity index (χ2v) is 5.33. The van der Waals surface area contributed by atoms with Crippen LogP contribution < -0.4 is 10.2 Å². The summed E-state index contributed by atoms with van der Waals surface area (Å²) in [7, 11) is 0. The van der Waals surface area contributed by atoms with Crippen molar-refractivity contribution >= 4 is 22.7 Å². The van der Waals surface area contributed by atoms with E-state index in [0.29, 0.717) is 6.54 Å². The van der Waals surface area contributed by atoms with Crippen LogP contribution in [0.15, 0.2) is 30.9 Å². The molecule has 1 aliphatic rings. The minimum absolute atomic E-state index is 0.647. The van der Waals surface area contributed by atoms with E-state index in [4.69, 9.17) is 4.74 Å². The smallest absolute Gasteiger partial charge is 0.160 e. The second-order valence-electron chi connectivity index (χ2n) is 5.33. The monoisotopic (exact) mass is 311 g/mol. The molecular formula is C15H17N7O. The molecule has 2 N–H and O–H groups in total. The number of rotatable bonds is 4. The zero-order valence-corrected chi connectivity index (χ0v) is 12.6. The number of aromatic amines is 1. The summed E-state index contributed by atoms with van der Waals surface area (Å²) in [6.07, 6.45) is 5.13. The molecule has 0 aliphatic carbocycles. The third-order valence-electron chi connectivity index (χ3n) is 3.85. The minimum Gasteiger partial charge on any atom is -0.378 e. The minimum atomic E-state index is 0.647. The molecule has 0 bridgehead atoms. The summed E-state index contributed by atoms with van der Waals surface area (Å²) in [4.78, 5) is 15.2. The first-order valence-electron chi connectivity index (χ1n) is 7.56. The number of pyridine rings is 1. The number of nitrogens with zero attached hydrogens (tertiary/aromatic N) is 5. The van der Waals surface area contributed by atoms with Crippen LogP contribution in [-0.4, -0.2) is 51.5 Å². The van der Waals surface area contributed by atoms with Crippen molar-refractivity contribution in [3.8, 4) is 0 Å². The SMILES string of the molecule is c1nc(NCc2ccc(N3CCOCC3)nc2)c2cn[nH]c2n1. The number of ether oxygens (including phenoxy) is 1. The van der Waals surface area contributed by atoms with E-state index in [1.165, 1.54) is 6.33 Å². The van der Waals surface area contributed by atoms with Gasteiger partial charge >= 0.3 is 0 Å². The molecular weight excluding hydrogens is 294 g/mol. The van der Waals surface area contributed by atoms with Crippen molar-refractivity contribution in [3.63, 3.8) is 0 Å². The van der Waals surface area contributed by atoms with Crippen LogP contribution in [0, 0.1) is 0 Å². The van der Waals surface area contributed by atoms with Gasteiger partial charge in [-0.15, -0.1) is 0 Å². The van der Waals surface area contributed by atoms with E-state index in [-0.39, 0.29) is 0 Å². The number of anilines is 2. The zero-order valence-electron chi connectivity index (χ0n) is 12.6. The molecule has 1 saturated heterocycles. The number of H-pyrrole nitrogens is 1. The van der Waals surface area contributed by atoms with Crippen molar-refractivity contribution in [1.82, 2.24) is 25.1 Å². The molecule has 0 atom stereocenters. The van der Waals surface area contributed by atoms with Crippen LogP contribution in [0.4, 0.5) is 11.6 Å². The third-order valence-corrected chi connectivity index (χ3v) is 3.85. The fourth-order valence-corrected chi connectivity index (χ4v) is 2.59. The molecule has 0 spiro atoms. The van der Waals surface area contributed by atoms with E-state index < -0.39 is 0 Å². The van der Waals surface area contributed by atoms with E-state index in [2.05, 4.69) is 47.5 Å². The predicted octanol–water partition coefficient (Wildman–Crippen LogP) is 1.20. The average Bonchev–Trinajstić information content (AvgIpc) is 3.10. The predicted molar refractivity (Wildman–Crippen MR) is 86.3 cm³/mol. The van der Waals surface area contributed by atoms with Gasteiger partial charge in [0.2, 0.25) is 0 Å². The fourth-order valence-electron chi connectivity index (χ4n) is 2.59. The van der Waals surface area contributed by atoms with Crippen LogP contribution >= 0.6 is 0 Å². The normalized spacial score (nSPS) is 15.0. The summed E-state index contributed by atoms with van der Waals surface area (Å²) < 4.78 is 5.36. The third kappa shape index (κ3) is 2.93. The maximum absolute atomic E-state index is 5.36. The molecule has 3 aromatic heterocycles. The highest BCUT2D eigenvalue weighted by molar-refractivity contribution is 5.85. The van der Waals surface area contributed by atoms with Gasteiger partial charge < -0.3 is 15.0 Å². The van der Waals surface area contributed by atoms with Gasteiger partial charge in [-0.25, -0.2) is 15.0 Å². The van der Waals surface area contributed by atoms with Crippen molar-refractivity contribution in [2.75, 3.05) is 36.5 Å². The number of fused-ring (bicyclic) bond motifs is 1. The molecule has 3 aromatic rings. The largest absolute Gasteiger partial charge is 0.378 e. The Morgan fingerprint density at radius 3 is 2.87 bits per heavy atom. The van der Waals surface area contributed by atoms with Gasteiger partial charge in [-0.2, -0.15) is 5.10 Å². The summed E-state index contributed by atoms with van der Waals surface area (Å²) in [5.74, 6) is 1.76. The summed E-state index contributed by atoms with van der Waals surface area (Å²) >= 11 is 0. The Morgan fingerprint density at radius 2 is 2.04 bits per heavy atom. The summed E-state index contributed by atoms with van der Waals surface area (Å²) in [5, 5.41) is 11.0. The number of morpholine rings is 1. The average molecular weight is 311 g/mol. The number of nitrogens with one attached hydrogen (secondary N) is 2. The lowest BCUT2D eigenvalue weighted by atomic mass is 10.2. The molecule has 8 nitrogen and oxygen atoms in total. The van der Waals surface area contributed by atoms with Crippen molar-refractivity contribution in [1.29, 1.82) is 0 Å². The molecule has 1 aliphatic heterocycles. The second kappa shape index (κ2) is 6.17. The molecule has 0 aromatic carbocycles. The van der Waals surface area contributed by atoms with Gasteiger partial charge in [0.15, 0.2) is 5.65 Å². The molecule has 4 rings (SSSR count). The first kappa shape index (κ1) is 13.9. The van der Waals surface area contributed by atoms with Crippen LogP contribution in [0.25, 0.3) is 11.0 Å². The maximum Gasteiger partial charge on any atom is 0.160 e. The fraction of sp³-hybridized carbons (Fsp3) is 0.333. The first-order chi connectivity index (χ1) is 11.4. The summed E-state index contributed by atoms with van der Waals surface area (Å²) in [5.41, 5.74) is 1.82. The van der Waals surface area contributed by atoms with Gasteiger partial charge in [0.05, 0.1) is 24.8 Å². The van der Waals surface area contributed by atoms with E-state index in [1.54, 1.807) is 6.20 Å². The lowest BCUT2D eigenvalue weighted by molar-refractivity contribution is 0.122. The highest BCUT2D eigenvalue weighted by Gasteiger charge is 2.12. The molecule has 0 unspecified atom stereocenters. The molecule has 0 radical (unpaired) electrons. The Balaban J connectivity index is 1.44. The van der Waals surface area contributed by atoms with E-state index in [1.807, 2.05) is 6.20 Å². The van der Waals surface area contributed by atoms with Gasteiger partial charge in [0.25, 0.3) is 0 Å². The molecule has 0 saturated carbocycles. The number of aromatic nitrogens is 5. The Morgan fingerprint density at radius 1 is 1.13 bits per heavy atom. The van der Waals surface area contributed by atoms with E-state index in [0.717, 1.165) is 54.5 Å². The van der Waals surface area contributed by atoms with Crippen LogP contribution in [-0.2, 0) is 11.3 Å². The van der Waals surface area contributed by atoms with Crippen molar-refractivity contribution in [2.45, 2.75) is 6.54 Å². The lowest BCUT2D eigenvalue weighted by Gasteiger charge is -2.27. The maximum atomic E-state index is 5.36. The topological polar surface area (TPSA) is 91.9 Å². The van der Waals surface area contributed by atoms with Gasteiger partial charge in [-0.3, -0.25) is 5.10 Å². The Labute approximate surface area is 132 Å². The van der Waals surface area contributed by atoms with Crippen LogP contribution in [0.2, 0.25) is 0 Å². The molecule has 4 heterocycles. The molecule has 23 heavy (non-hydrogen) atoms. The van der Waals surface area contributed by atoms with E-state index in [9.17, 15) is 0 Å². The van der Waals surface area contributed by atoms with Crippen LogP contribution in [0.3, 0.4) is 0 Å². The molecule has 118 valence electrons. The van der Waals surface area contributed by atoms with Crippen molar-refractivity contribution in [3.05, 3.63) is 36.4 Å². The van der Waals surface area contributed by atoms with Gasteiger partial charge in [-0.1, -0.05) is 6.07 Å². The molecule has 1 fully saturated rings. The van der Waals surface area contributed by atoms with Gasteiger partial charge in [-0.05, 0) is 11.6 Å². The van der Waals surface area contributed by atoms with Crippen LogP contribution in [0.5, 0.6) is 0 Å². The highest BCUT2D eigenvalue weighted by atomic mass is 16.5. The highest BCUT2D eigenvalue weighted by Crippen LogP contribution is 2.18. The quantitative estimate of drug-likeness (QED) is 0.748. The number of hydrogen-bond donors (Lipinski definition) is 2. The summed E-state index contributed by atoms with van der Waals surface area (Å²) in [6.45, 7) is 3.96. The standard InChI is InChI=1S/C15H17N7O/c1-2-13(22-3-5-23-6-4-22)16-7-11(1)8-17-14-12-9-20-21-15(12)19-10-18-14/h1-2,7,9-10H,3-6,8H2,(H2,17,18,19,20,21). The van der Waals surface area contributed by atoms with Crippen molar-refractivity contribution in [2.24, 2.45) is 0 Å². The molecule has 8 heteroatoms. The number of hydrogen-bond acceptors (Lipinski definition) is 7. The van der Waals surface area contributed by atoms with Crippen molar-refractivity contribution < 1.29 is 4.74 Å².